The first kappa shape index (κ1) is 15.2. The summed E-state index contributed by atoms with van der Waals surface area (Å²) in [4.78, 5) is 0. The average Bonchev–Trinajstić information content (AvgIpc) is 2.93. The topological polar surface area (TPSA) is 12.0 Å². The van der Waals surface area contributed by atoms with Crippen molar-refractivity contribution in [3.05, 3.63) is 72.3 Å². The van der Waals surface area contributed by atoms with Crippen molar-refractivity contribution in [3.8, 4) is 0 Å². The number of nitrogens with one attached hydrogen (secondary N) is 1. The standard InChI is InChI=1S/C22H21NS/c1-22(2,3)15-8-10-16(11-9-15)23-17-12-13-21-19(14-17)18-6-4-5-7-20(18)24-21/h4-14,23H,1-3H3. The summed E-state index contributed by atoms with van der Waals surface area (Å²) >= 11 is 1.85. The molecule has 0 aliphatic rings. The van der Waals surface area contributed by atoms with Gasteiger partial charge >= 0.3 is 0 Å². The maximum absolute atomic E-state index is 3.53. The van der Waals surface area contributed by atoms with Crippen LogP contribution in [0.1, 0.15) is 26.3 Å². The Labute approximate surface area is 147 Å². The predicted octanol–water partition coefficient (Wildman–Crippen LogP) is 7.10. The summed E-state index contributed by atoms with van der Waals surface area (Å²) in [6.07, 6.45) is 0. The van der Waals surface area contributed by atoms with E-state index < -0.39 is 0 Å². The van der Waals surface area contributed by atoms with Gasteiger partial charge in [0.1, 0.15) is 0 Å². The molecule has 0 radical (unpaired) electrons. The average molecular weight is 331 g/mol. The van der Waals surface area contributed by atoms with E-state index in [2.05, 4.69) is 92.8 Å². The third kappa shape index (κ3) is 2.78. The normalized spacial score (nSPS) is 12.0. The molecular formula is C22H21NS. The van der Waals surface area contributed by atoms with Crippen molar-refractivity contribution >= 4 is 42.9 Å². The molecule has 1 heterocycles. The Balaban J connectivity index is 1.68. The number of hydrogen-bond acceptors (Lipinski definition) is 2. The van der Waals surface area contributed by atoms with Gasteiger partial charge in [0.25, 0.3) is 0 Å². The first-order valence-corrected chi connectivity index (χ1v) is 9.11. The predicted molar refractivity (Wildman–Crippen MR) is 108 cm³/mol. The van der Waals surface area contributed by atoms with E-state index in [1.54, 1.807) is 0 Å². The Kier molecular flexibility index (Phi) is 3.58. The third-order valence-corrected chi connectivity index (χ3v) is 5.57. The second kappa shape index (κ2) is 5.64. The molecule has 1 nitrogen and oxygen atoms in total. The molecule has 1 aromatic heterocycles. The molecule has 1 N–H and O–H groups in total. The van der Waals surface area contributed by atoms with Crippen LogP contribution in [0.4, 0.5) is 11.4 Å². The Morgan fingerprint density at radius 3 is 2.12 bits per heavy atom. The molecule has 0 aliphatic carbocycles. The van der Waals surface area contributed by atoms with Crippen LogP contribution in [0.5, 0.6) is 0 Å². The van der Waals surface area contributed by atoms with E-state index in [0.717, 1.165) is 11.4 Å². The number of anilines is 2. The van der Waals surface area contributed by atoms with Crippen LogP contribution in [0.15, 0.2) is 66.7 Å². The van der Waals surface area contributed by atoms with Gasteiger partial charge in [-0.15, -0.1) is 11.3 Å². The summed E-state index contributed by atoms with van der Waals surface area (Å²) in [5.74, 6) is 0. The lowest BCUT2D eigenvalue weighted by atomic mass is 9.87. The fraction of sp³-hybridized carbons (Fsp3) is 0.182. The van der Waals surface area contributed by atoms with E-state index in [4.69, 9.17) is 0 Å². The number of thiophene rings is 1. The monoisotopic (exact) mass is 331 g/mol. The molecule has 4 aromatic rings. The highest BCUT2D eigenvalue weighted by Gasteiger charge is 2.13. The number of rotatable bonds is 2. The van der Waals surface area contributed by atoms with Crippen LogP contribution in [0.2, 0.25) is 0 Å². The zero-order valence-corrected chi connectivity index (χ0v) is 15.1. The van der Waals surface area contributed by atoms with Gasteiger partial charge in [-0.05, 0) is 47.4 Å². The summed E-state index contributed by atoms with van der Waals surface area (Å²) in [5, 5.41) is 6.20. The molecule has 0 spiro atoms. The minimum atomic E-state index is 0.188. The van der Waals surface area contributed by atoms with Crippen molar-refractivity contribution in [1.82, 2.24) is 0 Å². The lowest BCUT2D eigenvalue weighted by Crippen LogP contribution is -2.10. The fourth-order valence-electron chi connectivity index (χ4n) is 3.02. The van der Waals surface area contributed by atoms with E-state index in [-0.39, 0.29) is 5.41 Å². The van der Waals surface area contributed by atoms with Crippen LogP contribution in [-0.2, 0) is 5.41 Å². The van der Waals surface area contributed by atoms with Crippen molar-refractivity contribution in [1.29, 1.82) is 0 Å². The first-order valence-electron chi connectivity index (χ1n) is 8.29. The van der Waals surface area contributed by atoms with Crippen molar-refractivity contribution in [2.24, 2.45) is 0 Å². The molecule has 0 fully saturated rings. The minimum Gasteiger partial charge on any atom is -0.356 e. The van der Waals surface area contributed by atoms with Gasteiger partial charge in [0.15, 0.2) is 0 Å². The third-order valence-electron chi connectivity index (χ3n) is 4.42. The molecule has 2 heteroatoms. The first-order chi connectivity index (χ1) is 11.5. The SMILES string of the molecule is CC(C)(C)c1ccc(Nc2ccc3sc4ccccc4c3c2)cc1. The zero-order chi connectivity index (χ0) is 16.7. The highest BCUT2D eigenvalue weighted by molar-refractivity contribution is 7.25. The maximum Gasteiger partial charge on any atom is 0.0391 e. The highest BCUT2D eigenvalue weighted by Crippen LogP contribution is 2.35. The maximum atomic E-state index is 3.53. The highest BCUT2D eigenvalue weighted by atomic mass is 32.1. The van der Waals surface area contributed by atoms with Gasteiger partial charge in [-0.25, -0.2) is 0 Å². The van der Waals surface area contributed by atoms with Crippen LogP contribution in [0.25, 0.3) is 20.2 Å². The van der Waals surface area contributed by atoms with Crippen LogP contribution < -0.4 is 5.32 Å². The smallest absolute Gasteiger partial charge is 0.0391 e. The van der Waals surface area contributed by atoms with Crippen molar-refractivity contribution in [3.63, 3.8) is 0 Å². The summed E-state index contributed by atoms with van der Waals surface area (Å²) in [7, 11) is 0. The molecule has 0 saturated carbocycles. The summed E-state index contributed by atoms with van der Waals surface area (Å²) in [5.41, 5.74) is 3.80. The summed E-state index contributed by atoms with van der Waals surface area (Å²) in [6.45, 7) is 6.72. The number of benzene rings is 3. The molecule has 0 amide bonds. The van der Waals surface area contributed by atoms with Gasteiger partial charge in [0.2, 0.25) is 0 Å². The second-order valence-corrected chi connectivity index (χ2v) is 8.35. The van der Waals surface area contributed by atoms with Crippen molar-refractivity contribution in [2.75, 3.05) is 5.32 Å². The molecule has 0 aliphatic heterocycles. The Morgan fingerprint density at radius 1 is 0.708 bits per heavy atom. The van der Waals surface area contributed by atoms with Crippen LogP contribution in [0.3, 0.4) is 0 Å². The van der Waals surface area contributed by atoms with E-state index in [1.807, 2.05) is 11.3 Å². The molecule has 3 aromatic carbocycles. The number of hydrogen-bond donors (Lipinski definition) is 1. The summed E-state index contributed by atoms with van der Waals surface area (Å²) in [6, 6.07) is 24.0. The Morgan fingerprint density at radius 2 is 1.38 bits per heavy atom. The van der Waals surface area contributed by atoms with Crippen LogP contribution in [0, 0.1) is 0 Å². The largest absolute Gasteiger partial charge is 0.356 e. The summed E-state index contributed by atoms with van der Waals surface area (Å²) < 4.78 is 2.68. The van der Waals surface area contributed by atoms with Gasteiger partial charge < -0.3 is 5.32 Å². The molecular weight excluding hydrogens is 310 g/mol. The molecule has 24 heavy (non-hydrogen) atoms. The van der Waals surface area contributed by atoms with Gasteiger partial charge in [-0.3, -0.25) is 0 Å². The Hall–Kier alpha value is -2.32. The van der Waals surface area contributed by atoms with E-state index in [0.29, 0.717) is 0 Å². The van der Waals surface area contributed by atoms with E-state index in [9.17, 15) is 0 Å². The van der Waals surface area contributed by atoms with Crippen LogP contribution in [-0.4, -0.2) is 0 Å². The minimum absolute atomic E-state index is 0.188. The van der Waals surface area contributed by atoms with E-state index in [1.165, 1.54) is 25.7 Å². The number of fused-ring (bicyclic) bond motifs is 3. The van der Waals surface area contributed by atoms with Gasteiger partial charge in [0, 0.05) is 31.5 Å². The second-order valence-electron chi connectivity index (χ2n) is 7.26. The molecule has 0 unspecified atom stereocenters. The van der Waals surface area contributed by atoms with E-state index >= 15 is 0 Å². The van der Waals surface area contributed by atoms with Gasteiger partial charge in [-0.2, -0.15) is 0 Å². The molecule has 4 rings (SSSR count). The van der Waals surface area contributed by atoms with Crippen molar-refractivity contribution < 1.29 is 0 Å². The van der Waals surface area contributed by atoms with Crippen molar-refractivity contribution in [2.45, 2.75) is 26.2 Å². The van der Waals surface area contributed by atoms with Gasteiger partial charge in [-0.1, -0.05) is 51.1 Å². The zero-order valence-electron chi connectivity index (χ0n) is 14.3. The Bertz CT molecular complexity index is 1000. The molecule has 0 saturated heterocycles. The molecule has 120 valence electrons. The quantitative estimate of drug-likeness (QED) is 0.413. The van der Waals surface area contributed by atoms with Gasteiger partial charge in [0.05, 0.1) is 0 Å². The fourth-order valence-corrected chi connectivity index (χ4v) is 4.11. The lowest BCUT2D eigenvalue weighted by molar-refractivity contribution is 0.590. The molecule has 0 bridgehead atoms. The molecule has 0 atom stereocenters. The van der Waals surface area contributed by atoms with Crippen LogP contribution >= 0.6 is 11.3 Å². The lowest BCUT2D eigenvalue weighted by Gasteiger charge is -2.19.